The molecule has 1 aromatic carbocycles. The molecule has 0 radical (unpaired) electrons. The number of anilines is 2. The summed E-state index contributed by atoms with van der Waals surface area (Å²) in [6, 6.07) is 10.5. The van der Waals surface area contributed by atoms with Gasteiger partial charge in [-0.15, -0.1) is 0 Å². The molecule has 0 amide bonds. The molecular formula is C13H14N4O2. The predicted molar refractivity (Wildman–Crippen MR) is 73.8 cm³/mol. The molecule has 98 valence electrons. The molecule has 0 saturated carbocycles. The van der Waals surface area contributed by atoms with Crippen molar-refractivity contribution in [3.8, 4) is 0 Å². The quantitative estimate of drug-likeness (QED) is 0.499. The Kier molecular flexibility index (Phi) is 3.61. The Labute approximate surface area is 110 Å². The zero-order chi connectivity index (χ0) is 13.8. The second kappa shape index (κ2) is 5.34. The Morgan fingerprint density at radius 3 is 2.74 bits per heavy atom. The van der Waals surface area contributed by atoms with Gasteiger partial charge in [-0.25, -0.2) is 0 Å². The fourth-order valence-electron chi connectivity index (χ4n) is 1.79. The van der Waals surface area contributed by atoms with Gasteiger partial charge in [-0.3, -0.25) is 15.1 Å². The van der Waals surface area contributed by atoms with Crippen LogP contribution in [-0.4, -0.2) is 9.91 Å². The van der Waals surface area contributed by atoms with E-state index in [1.165, 1.54) is 6.07 Å². The highest BCUT2D eigenvalue weighted by atomic mass is 16.6. The number of aryl methyl sites for hydroxylation is 1. The van der Waals surface area contributed by atoms with Crippen molar-refractivity contribution in [1.29, 1.82) is 0 Å². The average molecular weight is 258 g/mol. The van der Waals surface area contributed by atoms with Gasteiger partial charge < -0.3 is 11.1 Å². The average Bonchev–Trinajstić information content (AvgIpc) is 2.36. The number of nitrogens with zero attached hydrogens (tertiary/aromatic N) is 2. The van der Waals surface area contributed by atoms with E-state index in [9.17, 15) is 10.1 Å². The molecule has 0 bridgehead atoms. The van der Waals surface area contributed by atoms with Crippen molar-refractivity contribution >= 4 is 17.1 Å². The minimum absolute atomic E-state index is 0.102. The number of nitrogen functional groups attached to an aromatic ring is 1. The van der Waals surface area contributed by atoms with E-state index >= 15 is 0 Å². The largest absolute Gasteiger partial charge is 0.393 e. The van der Waals surface area contributed by atoms with Crippen molar-refractivity contribution < 1.29 is 4.92 Å². The van der Waals surface area contributed by atoms with Crippen LogP contribution in [0.4, 0.5) is 17.1 Å². The van der Waals surface area contributed by atoms with Crippen molar-refractivity contribution in [3.05, 3.63) is 57.9 Å². The van der Waals surface area contributed by atoms with Crippen LogP contribution in [0.3, 0.4) is 0 Å². The Bertz CT molecular complexity index is 613. The number of hydrogen-bond acceptors (Lipinski definition) is 5. The summed E-state index contributed by atoms with van der Waals surface area (Å²) in [4.78, 5) is 14.8. The monoisotopic (exact) mass is 258 g/mol. The summed E-state index contributed by atoms with van der Waals surface area (Å²) in [7, 11) is 0. The lowest BCUT2D eigenvalue weighted by Gasteiger charge is -2.08. The van der Waals surface area contributed by atoms with E-state index in [0.29, 0.717) is 12.2 Å². The highest BCUT2D eigenvalue weighted by molar-refractivity contribution is 5.74. The van der Waals surface area contributed by atoms with Gasteiger partial charge in [0, 0.05) is 5.69 Å². The van der Waals surface area contributed by atoms with Crippen LogP contribution in [0.15, 0.2) is 36.4 Å². The Balaban J connectivity index is 2.20. The van der Waals surface area contributed by atoms with Gasteiger partial charge >= 0.3 is 5.69 Å². The van der Waals surface area contributed by atoms with Crippen LogP contribution in [0.1, 0.15) is 11.4 Å². The number of nitrogens with two attached hydrogens (primary N) is 1. The lowest BCUT2D eigenvalue weighted by atomic mass is 10.2. The summed E-state index contributed by atoms with van der Waals surface area (Å²) in [5, 5.41) is 14.0. The molecule has 19 heavy (non-hydrogen) atoms. The number of nitrogens with one attached hydrogen (secondary N) is 1. The number of hydrogen-bond donors (Lipinski definition) is 2. The molecule has 1 heterocycles. The number of rotatable bonds is 4. The number of pyridine rings is 1. The van der Waals surface area contributed by atoms with Crippen molar-refractivity contribution in [2.45, 2.75) is 13.5 Å². The van der Waals surface area contributed by atoms with Crippen molar-refractivity contribution in [1.82, 2.24) is 4.98 Å². The van der Waals surface area contributed by atoms with E-state index in [4.69, 9.17) is 5.73 Å². The number of benzene rings is 1. The predicted octanol–water partition coefficient (Wildman–Crippen LogP) is 2.49. The van der Waals surface area contributed by atoms with Crippen molar-refractivity contribution in [3.63, 3.8) is 0 Å². The lowest BCUT2D eigenvalue weighted by Crippen LogP contribution is -2.06. The van der Waals surface area contributed by atoms with Crippen LogP contribution >= 0.6 is 0 Å². The number of nitro benzene ring substituents is 1. The molecule has 2 aromatic rings. The summed E-state index contributed by atoms with van der Waals surface area (Å²) in [6.07, 6.45) is 0. The molecule has 0 aliphatic carbocycles. The second-order valence-corrected chi connectivity index (χ2v) is 4.12. The minimum atomic E-state index is -0.485. The van der Waals surface area contributed by atoms with Gasteiger partial charge in [0.2, 0.25) is 0 Å². The van der Waals surface area contributed by atoms with Gasteiger partial charge in [0.05, 0.1) is 17.2 Å². The number of nitro groups is 1. The summed E-state index contributed by atoms with van der Waals surface area (Å²) in [6.45, 7) is 2.30. The maximum atomic E-state index is 11.0. The number of aromatic nitrogens is 1. The molecule has 0 unspecified atom stereocenters. The first kappa shape index (κ1) is 12.8. The van der Waals surface area contributed by atoms with Crippen LogP contribution in [0.2, 0.25) is 0 Å². The fraction of sp³-hybridized carbons (Fsp3) is 0.154. The van der Waals surface area contributed by atoms with E-state index < -0.39 is 4.92 Å². The van der Waals surface area contributed by atoms with Crippen LogP contribution in [-0.2, 0) is 6.54 Å². The number of para-hydroxylation sites is 1. The first-order valence-electron chi connectivity index (χ1n) is 5.77. The van der Waals surface area contributed by atoms with Gasteiger partial charge in [-0.1, -0.05) is 12.1 Å². The third-order valence-corrected chi connectivity index (χ3v) is 2.66. The summed E-state index contributed by atoms with van der Waals surface area (Å²) in [5.41, 5.74) is 7.78. The maximum Gasteiger partial charge on any atom is 0.314 e. The van der Waals surface area contributed by atoms with E-state index in [1.54, 1.807) is 12.1 Å². The first-order valence-corrected chi connectivity index (χ1v) is 5.77. The highest BCUT2D eigenvalue weighted by Crippen LogP contribution is 2.30. The van der Waals surface area contributed by atoms with Crippen molar-refractivity contribution in [2.24, 2.45) is 0 Å². The molecule has 1 aromatic heterocycles. The zero-order valence-corrected chi connectivity index (χ0v) is 10.5. The molecule has 2 rings (SSSR count). The molecule has 0 spiro atoms. The van der Waals surface area contributed by atoms with Crippen LogP contribution < -0.4 is 11.1 Å². The topological polar surface area (TPSA) is 94.1 Å². The summed E-state index contributed by atoms with van der Waals surface area (Å²) in [5.74, 6) is 0. The molecule has 0 aliphatic heterocycles. The van der Waals surface area contributed by atoms with Gasteiger partial charge in [-0.2, -0.15) is 0 Å². The normalized spacial score (nSPS) is 10.2. The molecular weight excluding hydrogens is 244 g/mol. The van der Waals surface area contributed by atoms with Gasteiger partial charge in [0.1, 0.15) is 11.4 Å². The molecule has 0 fully saturated rings. The van der Waals surface area contributed by atoms with E-state index in [-0.39, 0.29) is 11.4 Å². The minimum Gasteiger partial charge on any atom is -0.393 e. The van der Waals surface area contributed by atoms with E-state index in [2.05, 4.69) is 10.3 Å². The molecule has 6 nitrogen and oxygen atoms in total. The molecule has 6 heteroatoms. The van der Waals surface area contributed by atoms with Crippen LogP contribution in [0.25, 0.3) is 0 Å². The smallest absolute Gasteiger partial charge is 0.314 e. The van der Waals surface area contributed by atoms with Gasteiger partial charge in [0.25, 0.3) is 0 Å². The first-order chi connectivity index (χ1) is 9.08. The highest BCUT2D eigenvalue weighted by Gasteiger charge is 2.17. The SMILES string of the molecule is Cc1cccc(CNc2cccc(N)c2[N+](=O)[O-])n1. The molecule has 0 saturated heterocycles. The van der Waals surface area contributed by atoms with E-state index in [0.717, 1.165) is 11.4 Å². The van der Waals surface area contributed by atoms with Gasteiger partial charge in [0.15, 0.2) is 0 Å². The Hall–Kier alpha value is -2.63. The zero-order valence-electron chi connectivity index (χ0n) is 10.5. The van der Waals surface area contributed by atoms with E-state index in [1.807, 2.05) is 25.1 Å². The van der Waals surface area contributed by atoms with Gasteiger partial charge in [-0.05, 0) is 31.2 Å². The summed E-state index contributed by atoms with van der Waals surface area (Å²) >= 11 is 0. The Morgan fingerprint density at radius 1 is 1.32 bits per heavy atom. The lowest BCUT2D eigenvalue weighted by molar-refractivity contribution is -0.383. The molecule has 0 aliphatic rings. The third-order valence-electron chi connectivity index (χ3n) is 2.66. The fourth-order valence-corrected chi connectivity index (χ4v) is 1.79. The van der Waals surface area contributed by atoms with Crippen molar-refractivity contribution in [2.75, 3.05) is 11.1 Å². The standard InChI is InChI=1S/C13H14N4O2/c1-9-4-2-5-10(16-9)8-15-12-7-3-6-11(14)13(12)17(18)19/h2-7,15H,8,14H2,1H3. The third kappa shape index (κ3) is 2.98. The Morgan fingerprint density at radius 2 is 2.05 bits per heavy atom. The van der Waals surface area contributed by atoms with Crippen LogP contribution in [0, 0.1) is 17.0 Å². The molecule has 3 N–H and O–H groups in total. The summed E-state index contributed by atoms with van der Waals surface area (Å²) < 4.78 is 0. The maximum absolute atomic E-state index is 11.0. The second-order valence-electron chi connectivity index (χ2n) is 4.12. The molecule has 0 atom stereocenters. The van der Waals surface area contributed by atoms with Crippen LogP contribution in [0.5, 0.6) is 0 Å².